The third-order valence-electron chi connectivity index (χ3n) is 3.65. The maximum Gasteiger partial charge on any atom is 0.416 e. The number of anilines is 1. The molecule has 5 heteroatoms. The van der Waals surface area contributed by atoms with Crippen LogP contribution in [-0.4, -0.2) is 25.2 Å². The van der Waals surface area contributed by atoms with Crippen LogP contribution in [0.5, 0.6) is 0 Å². The summed E-state index contributed by atoms with van der Waals surface area (Å²) in [6.07, 6.45) is -3.32. The molecule has 1 fully saturated rings. The minimum atomic E-state index is -4.28. The van der Waals surface area contributed by atoms with Crippen LogP contribution in [0.1, 0.15) is 31.4 Å². The third-order valence-corrected chi connectivity index (χ3v) is 3.65. The highest BCUT2D eigenvalue weighted by Gasteiger charge is 2.33. The summed E-state index contributed by atoms with van der Waals surface area (Å²) in [4.78, 5) is 2.02. The van der Waals surface area contributed by atoms with Crippen LogP contribution in [0.4, 0.5) is 18.9 Å². The molecule has 112 valence electrons. The normalized spacial score (nSPS) is 19.9. The summed E-state index contributed by atoms with van der Waals surface area (Å²) < 4.78 is 38.8. The van der Waals surface area contributed by atoms with Crippen LogP contribution in [0.25, 0.3) is 0 Å². The van der Waals surface area contributed by atoms with Gasteiger partial charge in [0.2, 0.25) is 0 Å². The molecule has 2 rings (SSSR count). The lowest BCUT2D eigenvalue weighted by molar-refractivity contribution is -0.138. The minimum absolute atomic E-state index is 0.275. The van der Waals surface area contributed by atoms with Crippen molar-refractivity contribution < 1.29 is 13.2 Å². The van der Waals surface area contributed by atoms with Gasteiger partial charge in [-0.15, -0.1) is 0 Å². The first-order valence-electron chi connectivity index (χ1n) is 6.96. The Morgan fingerprint density at radius 2 is 2.00 bits per heavy atom. The second kappa shape index (κ2) is 5.64. The molecule has 20 heavy (non-hydrogen) atoms. The summed E-state index contributed by atoms with van der Waals surface area (Å²) in [5, 5.41) is 3.43. The molecule has 1 unspecified atom stereocenters. The maximum atomic E-state index is 12.9. The summed E-state index contributed by atoms with van der Waals surface area (Å²) in [6, 6.07) is 5.35. The van der Waals surface area contributed by atoms with Crippen molar-refractivity contribution in [3.63, 3.8) is 0 Å². The molecule has 0 aliphatic carbocycles. The molecule has 0 bridgehead atoms. The van der Waals surface area contributed by atoms with Gasteiger partial charge in [-0.1, -0.05) is 19.9 Å². The zero-order chi connectivity index (χ0) is 14.9. The van der Waals surface area contributed by atoms with Crippen LogP contribution in [-0.2, 0) is 6.18 Å². The Morgan fingerprint density at radius 3 is 2.60 bits per heavy atom. The first-order valence-corrected chi connectivity index (χ1v) is 6.96. The van der Waals surface area contributed by atoms with E-state index in [2.05, 4.69) is 19.2 Å². The highest BCUT2D eigenvalue weighted by atomic mass is 19.4. The molecule has 2 nitrogen and oxygen atoms in total. The van der Waals surface area contributed by atoms with Crippen molar-refractivity contribution in [2.45, 2.75) is 45.5 Å². The van der Waals surface area contributed by atoms with Crippen LogP contribution >= 0.6 is 0 Å². The number of hydrogen-bond donors (Lipinski definition) is 1. The molecule has 1 aliphatic heterocycles. The van der Waals surface area contributed by atoms with Gasteiger partial charge in [0.1, 0.15) is 0 Å². The van der Waals surface area contributed by atoms with E-state index in [0.29, 0.717) is 17.8 Å². The van der Waals surface area contributed by atoms with E-state index >= 15 is 0 Å². The van der Waals surface area contributed by atoms with E-state index in [1.807, 2.05) is 4.90 Å². The van der Waals surface area contributed by atoms with E-state index in [4.69, 9.17) is 0 Å². The van der Waals surface area contributed by atoms with E-state index in [1.165, 1.54) is 13.0 Å². The van der Waals surface area contributed by atoms with Crippen LogP contribution in [0.15, 0.2) is 18.2 Å². The summed E-state index contributed by atoms with van der Waals surface area (Å²) in [5.74, 6) is 0. The lowest BCUT2D eigenvalue weighted by atomic mass is 10.1. The Balaban J connectivity index is 2.15. The van der Waals surface area contributed by atoms with Gasteiger partial charge in [0.15, 0.2) is 0 Å². The molecule has 1 atom stereocenters. The van der Waals surface area contributed by atoms with Crippen molar-refractivity contribution in [1.82, 2.24) is 5.32 Å². The largest absolute Gasteiger partial charge is 0.416 e. The molecule has 1 N–H and O–H groups in total. The average Bonchev–Trinajstić information content (AvgIpc) is 2.75. The highest BCUT2D eigenvalue weighted by Crippen LogP contribution is 2.35. The van der Waals surface area contributed by atoms with Crippen molar-refractivity contribution in [1.29, 1.82) is 0 Å². The summed E-state index contributed by atoms with van der Waals surface area (Å²) >= 11 is 0. The first kappa shape index (κ1) is 15.2. The SMILES string of the molecule is Cc1ccc(N2CCC(NC(C)C)C2)cc1C(F)(F)F. The third kappa shape index (κ3) is 3.45. The van der Waals surface area contributed by atoms with E-state index in [0.717, 1.165) is 19.5 Å². The Hall–Kier alpha value is -1.23. The number of nitrogens with one attached hydrogen (secondary N) is 1. The Labute approximate surface area is 118 Å². The standard InChI is InChI=1S/C15H21F3N2/c1-10(2)19-12-6-7-20(9-12)13-5-4-11(3)14(8-13)15(16,17)18/h4-5,8,10,12,19H,6-7,9H2,1-3H3. The fraction of sp³-hybridized carbons (Fsp3) is 0.600. The van der Waals surface area contributed by atoms with Gasteiger partial charge in [-0.05, 0) is 31.0 Å². The van der Waals surface area contributed by atoms with Gasteiger partial charge in [-0.25, -0.2) is 0 Å². The van der Waals surface area contributed by atoms with Gasteiger partial charge in [0.05, 0.1) is 5.56 Å². The first-order chi connectivity index (χ1) is 9.27. The summed E-state index contributed by atoms with van der Waals surface area (Å²) in [5.41, 5.74) is 0.406. The van der Waals surface area contributed by atoms with E-state index in [1.54, 1.807) is 12.1 Å². The quantitative estimate of drug-likeness (QED) is 0.913. The molecule has 1 aliphatic rings. The number of rotatable bonds is 3. The van der Waals surface area contributed by atoms with Gasteiger partial charge in [0, 0.05) is 30.9 Å². The Morgan fingerprint density at radius 1 is 1.30 bits per heavy atom. The van der Waals surface area contributed by atoms with Crippen molar-refractivity contribution in [2.24, 2.45) is 0 Å². The molecule has 1 aromatic rings. The van der Waals surface area contributed by atoms with Crippen molar-refractivity contribution in [3.8, 4) is 0 Å². The Kier molecular flexibility index (Phi) is 4.28. The van der Waals surface area contributed by atoms with Crippen LogP contribution in [0.3, 0.4) is 0 Å². The van der Waals surface area contributed by atoms with E-state index < -0.39 is 11.7 Å². The lowest BCUT2D eigenvalue weighted by Crippen LogP contribution is -2.37. The smallest absolute Gasteiger partial charge is 0.370 e. The number of halogens is 3. The molecule has 0 aromatic heterocycles. The highest BCUT2D eigenvalue weighted by molar-refractivity contribution is 5.52. The molecular weight excluding hydrogens is 265 g/mol. The predicted molar refractivity (Wildman–Crippen MR) is 75.1 cm³/mol. The van der Waals surface area contributed by atoms with Crippen LogP contribution in [0, 0.1) is 6.92 Å². The number of aryl methyl sites for hydroxylation is 1. The number of nitrogens with zero attached hydrogens (tertiary/aromatic N) is 1. The fourth-order valence-corrected chi connectivity index (χ4v) is 2.71. The average molecular weight is 286 g/mol. The lowest BCUT2D eigenvalue weighted by Gasteiger charge is -2.22. The number of alkyl halides is 3. The predicted octanol–water partition coefficient (Wildman–Crippen LogP) is 3.59. The van der Waals surface area contributed by atoms with Crippen LogP contribution in [0.2, 0.25) is 0 Å². The molecule has 0 saturated carbocycles. The van der Waals surface area contributed by atoms with E-state index in [9.17, 15) is 13.2 Å². The van der Waals surface area contributed by atoms with Crippen molar-refractivity contribution >= 4 is 5.69 Å². The second-order valence-electron chi connectivity index (χ2n) is 5.75. The molecule has 1 saturated heterocycles. The maximum absolute atomic E-state index is 12.9. The summed E-state index contributed by atoms with van der Waals surface area (Å²) in [7, 11) is 0. The fourth-order valence-electron chi connectivity index (χ4n) is 2.71. The van der Waals surface area contributed by atoms with Gasteiger partial charge in [-0.3, -0.25) is 0 Å². The minimum Gasteiger partial charge on any atom is -0.370 e. The Bertz CT molecular complexity index is 469. The molecule has 0 radical (unpaired) electrons. The van der Waals surface area contributed by atoms with Crippen LogP contribution < -0.4 is 10.2 Å². The zero-order valence-corrected chi connectivity index (χ0v) is 12.1. The second-order valence-corrected chi connectivity index (χ2v) is 5.75. The van der Waals surface area contributed by atoms with Crippen molar-refractivity contribution in [2.75, 3.05) is 18.0 Å². The van der Waals surface area contributed by atoms with Gasteiger partial charge in [0.25, 0.3) is 0 Å². The molecule has 1 heterocycles. The number of benzene rings is 1. The number of hydrogen-bond acceptors (Lipinski definition) is 2. The summed E-state index contributed by atoms with van der Waals surface area (Å²) in [6.45, 7) is 7.22. The van der Waals surface area contributed by atoms with Gasteiger partial charge >= 0.3 is 6.18 Å². The molecule has 0 spiro atoms. The molecule has 0 amide bonds. The van der Waals surface area contributed by atoms with Gasteiger partial charge < -0.3 is 10.2 Å². The zero-order valence-electron chi connectivity index (χ0n) is 12.1. The van der Waals surface area contributed by atoms with E-state index in [-0.39, 0.29) is 5.56 Å². The monoisotopic (exact) mass is 286 g/mol. The van der Waals surface area contributed by atoms with Crippen molar-refractivity contribution in [3.05, 3.63) is 29.3 Å². The topological polar surface area (TPSA) is 15.3 Å². The van der Waals surface area contributed by atoms with Gasteiger partial charge in [-0.2, -0.15) is 13.2 Å². The molecule has 1 aromatic carbocycles. The molecular formula is C15H21F3N2.